The summed E-state index contributed by atoms with van der Waals surface area (Å²) in [5.74, 6) is 0.522. The average molecular weight is 418 g/mol. The molecule has 0 N–H and O–H groups in total. The first-order valence-corrected chi connectivity index (χ1v) is 10.4. The number of hydrogen-bond acceptors (Lipinski definition) is 6. The SMILES string of the molecule is CCSc1ccccc1C(=O)N=c1sc2cc([N+](=O)[O-])ccc2n1CCOC. The van der Waals surface area contributed by atoms with E-state index in [0.717, 1.165) is 16.2 Å². The molecular weight excluding hydrogens is 398 g/mol. The van der Waals surface area contributed by atoms with Crippen molar-refractivity contribution in [3.8, 4) is 0 Å². The number of thiazole rings is 1. The van der Waals surface area contributed by atoms with E-state index < -0.39 is 4.92 Å². The van der Waals surface area contributed by atoms with Crippen molar-refractivity contribution in [3.63, 3.8) is 0 Å². The van der Waals surface area contributed by atoms with Gasteiger partial charge in [-0.2, -0.15) is 4.99 Å². The Labute approximate surface area is 169 Å². The van der Waals surface area contributed by atoms with Crippen LogP contribution in [0.2, 0.25) is 0 Å². The highest BCUT2D eigenvalue weighted by Gasteiger charge is 2.14. The van der Waals surface area contributed by atoms with Gasteiger partial charge in [0.15, 0.2) is 4.80 Å². The Hall–Kier alpha value is -2.49. The molecule has 28 heavy (non-hydrogen) atoms. The summed E-state index contributed by atoms with van der Waals surface area (Å²) in [6.07, 6.45) is 0. The number of aromatic nitrogens is 1. The van der Waals surface area contributed by atoms with Gasteiger partial charge >= 0.3 is 0 Å². The fourth-order valence-corrected chi connectivity index (χ4v) is 4.62. The van der Waals surface area contributed by atoms with Gasteiger partial charge in [0.1, 0.15) is 0 Å². The summed E-state index contributed by atoms with van der Waals surface area (Å²) in [4.78, 5) is 29.2. The van der Waals surface area contributed by atoms with Crippen molar-refractivity contribution >= 4 is 44.9 Å². The molecule has 9 heteroatoms. The Morgan fingerprint density at radius 1 is 1.32 bits per heavy atom. The second-order valence-corrected chi connectivity index (χ2v) is 8.10. The minimum Gasteiger partial charge on any atom is -0.383 e. The molecule has 0 saturated carbocycles. The molecule has 0 aliphatic rings. The van der Waals surface area contributed by atoms with Crippen LogP contribution in [-0.2, 0) is 11.3 Å². The Morgan fingerprint density at radius 2 is 2.11 bits per heavy atom. The van der Waals surface area contributed by atoms with Crippen molar-refractivity contribution in [3.05, 3.63) is 62.9 Å². The lowest BCUT2D eigenvalue weighted by atomic mass is 10.2. The van der Waals surface area contributed by atoms with Crippen LogP contribution < -0.4 is 4.80 Å². The molecule has 0 aliphatic carbocycles. The number of methoxy groups -OCH3 is 1. The maximum Gasteiger partial charge on any atom is 0.280 e. The van der Waals surface area contributed by atoms with E-state index in [-0.39, 0.29) is 11.6 Å². The molecule has 1 heterocycles. The summed E-state index contributed by atoms with van der Waals surface area (Å²) in [6.45, 7) is 2.96. The molecule has 0 spiro atoms. The van der Waals surface area contributed by atoms with Gasteiger partial charge in [-0.3, -0.25) is 14.9 Å². The van der Waals surface area contributed by atoms with Crippen LogP contribution in [-0.4, -0.2) is 34.9 Å². The second kappa shape index (κ2) is 9.13. The number of nitro groups is 1. The molecule has 0 bridgehead atoms. The number of thioether (sulfide) groups is 1. The standard InChI is InChI=1S/C19H19N3O4S2/c1-3-27-16-7-5-4-6-14(16)18(23)20-19-21(10-11-26-2)15-9-8-13(22(24)25)12-17(15)28-19/h4-9,12H,3,10-11H2,1-2H3. The lowest BCUT2D eigenvalue weighted by Crippen LogP contribution is -2.19. The zero-order valence-electron chi connectivity index (χ0n) is 15.5. The Balaban J connectivity index is 2.12. The van der Waals surface area contributed by atoms with E-state index in [9.17, 15) is 14.9 Å². The summed E-state index contributed by atoms with van der Waals surface area (Å²) in [7, 11) is 1.60. The topological polar surface area (TPSA) is 86.7 Å². The van der Waals surface area contributed by atoms with Crippen molar-refractivity contribution in [1.29, 1.82) is 0 Å². The van der Waals surface area contributed by atoms with Crippen LogP contribution in [0.3, 0.4) is 0 Å². The lowest BCUT2D eigenvalue weighted by Gasteiger charge is -2.05. The summed E-state index contributed by atoms with van der Waals surface area (Å²) in [5, 5.41) is 11.1. The van der Waals surface area contributed by atoms with Gasteiger partial charge in [-0.15, -0.1) is 11.8 Å². The monoisotopic (exact) mass is 417 g/mol. The number of carbonyl (C=O) groups is 1. The highest BCUT2D eigenvalue weighted by molar-refractivity contribution is 7.99. The number of fused-ring (bicyclic) bond motifs is 1. The number of rotatable bonds is 7. The molecule has 1 aromatic heterocycles. The maximum atomic E-state index is 12.9. The third-order valence-corrected chi connectivity index (χ3v) is 6.01. The van der Waals surface area contributed by atoms with Crippen molar-refractivity contribution < 1.29 is 14.5 Å². The summed E-state index contributed by atoms with van der Waals surface area (Å²) in [6, 6.07) is 12.0. The van der Waals surface area contributed by atoms with Gasteiger partial charge in [0.2, 0.25) is 0 Å². The normalized spacial score (nSPS) is 11.9. The molecule has 7 nitrogen and oxygen atoms in total. The van der Waals surface area contributed by atoms with E-state index in [0.29, 0.717) is 28.2 Å². The molecule has 0 fully saturated rings. The number of nitrogens with zero attached hydrogens (tertiary/aromatic N) is 3. The molecule has 1 amide bonds. The molecule has 3 aromatic rings. The summed E-state index contributed by atoms with van der Waals surface area (Å²) in [5.41, 5.74) is 1.35. The number of carbonyl (C=O) groups excluding carboxylic acids is 1. The quantitative estimate of drug-likeness (QED) is 0.328. The van der Waals surface area contributed by atoms with Crippen molar-refractivity contribution in [2.75, 3.05) is 19.5 Å². The number of non-ortho nitro benzene ring substituents is 1. The molecule has 0 saturated heterocycles. The predicted octanol–water partition coefficient (Wildman–Crippen LogP) is 4.11. The smallest absolute Gasteiger partial charge is 0.280 e. The van der Waals surface area contributed by atoms with E-state index in [1.165, 1.54) is 23.5 Å². The van der Waals surface area contributed by atoms with Gasteiger partial charge in [-0.1, -0.05) is 30.4 Å². The third kappa shape index (κ3) is 4.32. The zero-order valence-corrected chi connectivity index (χ0v) is 17.1. The summed E-state index contributed by atoms with van der Waals surface area (Å²) >= 11 is 2.85. The first kappa shape index (κ1) is 20.2. The molecule has 3 rings (SSSR count). The molecule has 0 radical (unpaired) electrons. The lowest BCUT2D eigenvalue weighted by molar-refractivity contribution is -0.384. The van der Waals surface area contributed by atoms with Crippen LogP contribution in [0.1, 0.15) is 17.3 Å². The Bertz CT molecular complexity index is 1090. The minimum atomic E-state index is -0.432. The Morgan fingerprint density at radius 3 is 2.82 bits per heavy atom. The number of ether oxygens (including phenoxy) is 1. The van der Waals surface area contributed by atoms with E-state index in [1.807, 2.05) is 29.7 Å². The molecular formula is C19H19N3O4S2. The van der Waals surface area contributed by atoms with Gasteiger partial charge in [-0.25, -0.2) is 0 Å². The molecule has 0 aliphatic heterocycles. The van der Waals surface area contributed by atoms with E-state index in [4.69, 9.17) is 4.74 Å². The van der Waals surface area contributed by atoms with Gasteiger partial charge < -0.3 is 9.30 Å². The molecule has 146 valence electrons. The number of nitro benzene ring substituents is 1. The Kier molecular flexibility index (Phi) is 6.61. The fourth-order valence-electron chi connectivity index (χ4n) is 2.73. The maximum absolute atomic E-state index is 12.9. The van der Waals surface area contributed by atoms with Gasteiger partial charge in [-0.05, 0) is 24.0 Å². The van der Waals surface area contributed by atoms with Crippen LogP contribution in [0, 0.1) is 10.1 Å². The highest BCUT2D eigenvalue weighted by atomic mass is 32.2. The van der Waals surface area contributed by atoms with Crippen molar-refractivity contribution in [2.45, 2.75) is 18.4 Å². The van der Waals surface area contributed by atoms with Crippen LogP contribution in [0.5, 0.6) is 0 Å². The van der Waals surface area contributed by atoms with Crippen molar-refractivity contribution in [1.82, 2.24) is 4.57 Å². The number of benzene rings is 2. The first-order valence-electron chi connectivity index (χ1n) is 8.62. The predicted molar refractivity (Wildman–Crippen MR) is 111 cm³/mol. The van der Waals surface area contributed by atoms with Gasteiger partial charge in [0.05, 0.1) is 27.3 Å². The minimum absolute atomic E-state index is 0.00945. The van der Waals surface area contributed by atoms with Gasteiger partial charge in [0.25, 0.3) is 11.6 Å². The van der Waals surface area contributed by atoms with Crippen LogP contribution in [0.15, 0.2) is 52.4 Å². The highest BCUT2D eigenvalue weighted by Crippen LogP contribution is 2.25. The largest absolute Gasteiger partial charge is 0.383 e. The van der Waals surface area contributed by atoms with E-state index >= 15 is 0 Å². The molecule has 2 aromatic carbocycles. The molecule has 0 atom stereocenters. The second-order valence-electron chi connectivity index (χ2n) is 5.78. The number of amides is 1. The third-order valence-electron chi connectivity index (χ3n) is 4.01. The number of hydrogen-bond donors (Lipinski definition) is 0. The fraction of sp³-hybridized carbons (Fsp3) is 0.263. The van der Waals surface area contributed by atoms with Crippen LogP contribution >= 0.6 is 23.1 Å². The van der Waals surface area contributed by atoms with Crippen LogP contribution in [0.25, 0.3) is 10.2 Å². The van der Waals surface area contributed by atoms with Gasteiger partial charge in [0, 0.05) is 30.7 Å². The molecule has 0 unspecified atom stereocenters. The van der Waals surface area contributed by atoms with Crippen molar-refractivity contribution in [2.24, 2.45) is 4.99 Å². The average Bonchev–Trinajstić information content (AvgIpc) is 3.03. The van der Waals surface area contributed by atoms with E-state index in [1.54, 1.807) is 31.0 Å². The van der Waals surface area contributed by atoms with Crippen LogP contribution in [0.4, 0.5) is 5.69 Å². The summed E-state index contributed by atoms with van der Waals surface area (Å²) < 4.78 is 7.73. The first-order chi connectivity index (χ1) is 13.5. The van der Waals surface area contributed by atoms with E-state index in [2.05, 4.69) is 4.99 Å². The zero-order chi connectivity index (χ0) is 20.1.